The molecule has 0 fully saturated rings. The number of benzene rings is 10. The van der Waals surface area contributed by atoms with Gasteiger partial charge in [0.05, 0.1) is 11.4 Å². The summed E-state index contributed by atoms with van der Waals surface area (Å²) in [5.74, 6) is 0. The lowest BCUT2D eigenvalue weighted by atomic mass is 9.84. The molecule has 12 rings (SSSR count). The third-order valence-corrected chi connectivity index (χ3v) is 12.1. The number of hydrogen-bond acceptors (Lipinski definition) is 1. The maximum Gasteiger partial charge on any atom is 0.137 e. The van der Waals surface area contributed by atoms with Gasteiger partial charge in [-0.15, -0.1) is 0 Å². The molecule has 0 N–H and O–H groups in total. The van der Waals surface area contributed by atoms with E-state index in [-0.39, 0.29) is 0 Å². The molecule has 59 heavy (non-hydrogen) atoms. The van der Waals surface area contributed by atoms with Gasteiger partial charge in [0.2, 0.25) is 0 Å². The average Bonchev–Trinajstić information content (AvgIpc) is 3.70. The summed E-state index contributed by atoms with van der Waals surface area (Å²) in [5, 5.41) is 12.4. The van der Waals surface area contributed by atoms with Crippen molar-refractivity contribution in [3.63, 3.8) is 0 Å². The van der Waals surface area contributed by atoms with Crippen molar-refractivity contribution in [1.29, 1.82) is 0 Å². The minimum atomic E-state index is 0.930. The molecule has 2 heterocycles. The zero-order valence-electron chi connectivity index (χ0n) is 32.2. The van der Waals surface area contributed by atoms with E-state index in [2.05, 4.69) is 223 Å². The van der Waals surface area contributed by atoms with E-state index in [1.807, 2.05) is 0 Å². The number of fused-ring (bicyclic) bond motifs is 6. The predicted octanol–water partition coefficient (Wildman–Crippen LogP) is 15.4. The quantitative estimate of drug-likeness (QED) is 0.160. The lowest BCUT2D eigenvalue weighted by Crippen LogP contribution is -1.92. The van der Waals surface area contributed by atoms with Gasteiger partial charge >= 0.3 is 0 Å². The molecule has 0 aliphatic heterocycles. The van der Waals surface area contributed by atoms with Crippen LogP contribution in [0.1, 0.15) is 0 Å². The van der Waals surface area contributed by atoms with Gasteiger partial charge in [-0.05, 0) is 124 Å². The molecular formula is C57H36N2. The van der Waals surface area contributed by atoms with Crippen LogP contribution in [0.25, 0.3) is 115 Å². The van der Waals surface area contributed by atoms with Crippen LogP contribution in [0, 0.1) is 0 Å². The van der Waals surface area contributed by atoms with E-state index in [4.69, 9.17) is 4.98 Å². The molecule has 2 aromatic heterocycles. The van der Waals surface area contributed by atoms with Crippen molar-refractivity contribution in [3.8, 4) is 55.9 Å². The Labute approximate surface area is 341 Å². The Morgan fingerprint density at radius 1 is 0.288 bits per heavy atom. The van der Waals surface area contributed by atoms with Crippen LogP contribution >= 0.6 is 0 Å². The third kappa shape index (κ3) is 5.53. The van der Waals surface area contributed by atoms with Gasteiger partial charge in [-0.25, -0.2) is 4.98 Å². The van der Waals surface area contributed by atoms with Gasteiger partial charge in [-0.3, -0.25) is 4.40 Å². The van der Waals surface area contributed by atoms with E-state index >= 15 is 0 Å². The monoisotopic (exact) mass is 748 g/mol. The first-order valence-corrected chi connectivity index (χ1v) is 20.3. The minimum Gasteiger partial charge on any atom is -0.299 e. The van der Waals surface area contributed by atoms with Gasteiger partial charge in [-0.2, -0.15) is 0 Å². The van der Waals surface area contributed by atoms with Crippen LogP contribution < -0.4 is 0 Å². The zero-order valence-corrected chi connectivity index (χ0v) is 32.2. The first kappa shape index (κ1) is 33.3. The molecule has 0 amide bonds. The van der Waals surface area contributed by atoms with Crippen molar-refractivity contribution in [3.05, 3.63) is 219 Å². The lowest BCUT2D eigenvalue weighted by Gasteiger charge is -2.19. The molecule has 0 aliphatic rings. The standard InChI is InChI=1S/C57H36N2/c1-4-14-42-33-46(27-22-37(42)11-1)54-49-17-7-8-18-50(49)55(47-28-23-38-12-2-5-15-43(38)34-47)52-36-45(30-31-51(52)54)40-20-25-41(26-21-40)56-57(59-32-10-9-19-53(59)58-56)48-29-24-39-13-3-6-16-44(39)35-48/h1-36H. The summed E-state index contributed by atoms with van der Waals surface area (Å²) in [6.45, 7) is 0. The van der Waals surface area contributed by atoms with Crippen LogP contribution in [0.4, 0.5) is 0 Å². The van der Waals surface area contributed by atoms with Crippen molar-refractivity contribution in [2.24, 2.45) is 0 Å². The predicted molar refractivity (Wildman–Crippen MR) is 250 cm³/mol. The summed E-state index contributed by atoms with van der Waals surface area (Å²) >= 11 is 0. The minimum absolute atomic E-state index is 0.930. The topological polar surface area (TPSA) is 17.3 Å². The first-order chi connectivity index (χ1) is 29.2. The van der Waals surface area contributed by atoms with Gasteiger partial charge in [0.25, 0.3) is 0 Å². The Bertz CT molecular complexity index is 3610. The summed E-state index contributed by atoms with van der Waals surface area (Å²) in [6.07, 6.45) is 2.11. The molecule has 0 bridgehead atoms. The molecule has 2 nitrogen and oxygen atoms in total. The van der Waals surface area contributed by atoms with Gasteiger partial charge in [0, 0.05) is 17.3 Å². The average molecular weight is 749 g/mol. The van der Waals surface area contributed by atoms with Gasteiger partial charge in [0.1, 0.15) is 5.65 Å². The summed E-state index contributed by atoms with van der Waals surface area (Å²) < 4.78 is 2.21. The molecule has 0 atom stereocenters. The molecular weight excluding hydrogens is 713 g/mol. The van der Waals surface area contributed by atoms with E-state index in [9.17, 15) is 0 Å². The number of nitrogens with zero attached hydrogens (tertiary/aromatic N) is 2. The van der Waals surface area contributed by atoms with Crippen LogP contribution in [0.2, 0.25) is 0 Å². The molecule has 0 aliphatic carbocycles. The van der Waals surface area contributed by atoms with Gasteiger partial charge in [0.15, 0.2) is 0 Å². The number of rotatable bonds is 5. The second kappa shape index (κ2) is 13.4. The summed E-state index contributed by atoms with van der Waals surface area (Å²) in [6, 6.07) is 77.5. The second-order valence-electron chi connectivity index (χ2n) is 15.6. The van der Waals surface area contributed by atoms with Crippen molar-refractivity contribution >= 4 is 59.5 Å². The first-order valence-electron chi connectivity index (χ1n) is 20.3. The van der Waals surface area contributed by atoms with Crippen LogP contribution in [0.5, 0.6) is 0 Å². The molecule has 0 unspecified atom stereocenters. The molecule has 0 saturated carbocycles. The van der Waals surface area contributed by atoms with E-state index in [1.165, 1.54) is 81.7 Å². The molecule has 10 aromatic carbocycles. The SMILES string of the molecule is c1ccc2cc(-c3c4ccccc4c(-c4ccc5ccccc5c4)c4cc(-c5ccc(-c6nc7ccccn7c6-c6ccc7ccccc7c6)cc5)ccc34)ccc2c1. The molecule has 2 heteroatoms. The van der Waals surface area contributed by atoms with Crippen molar-refractivity contribution < 1.29 is 0 Å². The highest BCUT2D eigenvalue weighted by molar-refractivity contribution is 6.22. The van der Waals surface area contributed by atoms with E-state index in [0.717, 1.165) is 33.7 Å². The Morgan fingerprint density at radius 3 is 1.34 bits per heavy atom. The number of aromatic nitrogens is 2. The molecule has 0 spiro atoms. The van der Waals surface area contributed by atoms with Crippen molar-refractivity contribution in [1.82, 2.24) is 9.38 Å². The fourth-order valence-corrected chi connectivity index (χ4v) is 9.30. The maximum absolute atomic E-state index is 5.20. The highest BCUT2D eigenvalue weighted by Crippen LogP contribution is 2.46. The smallest absolute Gasteiger partial charge is 0.137 e. The van der Waals surface area contributed by atoms with Crippen molar-refractivity contribution in [2.75, 3.05) is 0 Å². The lowest BCUT2D eigenvalue weighted by molar-refractivity contribution is 1.19. The Kier molecular flexibility index (Phi) is 7.57. The largest absolute Gasteiger partial charge is 0.299 e. The molecule has 12 aromatic rings. The highest BCUT2D eigenvalue weighted by Gasteiger charge is 2.20. The Morgan fingerprint density at radius 2 is 0.729 bits per heavy atom. The van der Waals surface area contributed by atoms with Crippen molar-refractivity contribution in [2.45, 2.75) is 0 Å². The number of pyridine rings is 1. The zero-order chi connectivity index (χ0) is 38.9. The third-order valence-electron chi connectivity index (χ3n) is 12.1. The summed E-state index contributed by atoms with van der Waals surface area (Å²) in [4.78, 5) is 5.20. The fourth-order valence-electron chi connectivity index (χ4n) is 9.30. The molecule has 0 saturated heterocycles. The molecule has 274 valence electrons. The van der Waals surface area contributed by atoms with Gasteiger partial charge < -0.3 is 0 Å². The van der Waals surface area contributed by atoms with E-state index in [0.29, 0.717) is 0 Å². The van der Waals surface area contributed by atoms with E-state index < -0.39 is 0 Å². The summed E-state index contributed by atoms with van der Waals surface area (Å²) in [5.41, 5.74) is 12.5. The summed E-state index contributed by atoms with van der Waals surface area (Å²) in [7, 11) is 0. The van der Waals surface area contributed by atoms with Gasteiger partial charge in [-0.1, -0.05) is 176 Å². The maximum atomic E-state index is 5.20. The Hall–Kier alpha value is -7.81. The normalized spacial score (nSPS) is 11.7. The van der Waals surface area contributed by atoms with E-state index in [1.54, 1.807) is 0 Å². The van der Waals surface area contributed by atoms with Crippen LogP contribution in [-0.2, 0) is 0 Å². The highest BCUT2D eigenvalue weighted by atomic mass is 15.0. The second-order valence-corrected chi connectivity index (χ2v) is 15.6. The van der Waals surface area contributed by atoms with Crippen LogP contribution in [0.3, 0.4) is 0 Å². The number of hydrogen-bond donors (Lipinski definition) is 0. The Balaban J connectivity index is 1.05. The fraction of sp³-hybridized carbons (Fsp3) is 0. The number of imidazole rings is 1. The van der Waals surface area contributed by atoms with Crippen LogP contribution in [-0.4, -0.2) is 9.38 Å². The molecule has 0 radical (unpaired) electrons. The van der Waals surface area contributed by atoms with Crippen LogP contribution in [0.15, 0.2) is 219 Å².